The molecule has 1 saturated heterocycles. The molecule has 1 fully saturated rings. The Morgan fingerprint density at radius 3 is 2.18 bits per heavy atom. The summed E-state index contributed by atoms with van der Waals surface area (Å²) in [5.74, 6) is 1.79. The van der Waals surface area contributed by atoms with Gasteiger partial charge in [0.1, 0.15) is 5.75 Å². The number of benzene rings is 3. The highest BCUT2D eigenvalue weighted by Gasteiger charge is 2.30. The fourth-order valence-corrected chi connectivity index (χ4v) is 4.64. The predicted octanol–water partition coefficient (Wildman–Crippen LogP) is 3.84. The van der Waals surface area contributed by atoms with Gasteiger partial charge >= 0.3 is 0 Å². The molecule has 34 heavy (non-hydrogen) atoms. The molecule has 0 aliphatic carbocycles. The zero-order valence-corrected chi connectivity index (χ0v) is 19.5. The third kappa shape index (κ3) is 4.94. The maximum atomic E-state index is 5.31. The summed E-state index contributed by atoms with van der Waals surface area (Å²) >= 11 is 0. The number of aromatic nitrogens is 4. The van der Waals surface area contributed by atoms with Gasteiger partial charge in [-0.3, -0.25) is 4.90 Å². The summed E-state index contributed by atoms with van der Waals surface area (Å²) in [7, 11) is 1.70. The van der Waals surface area contributed by atoms with Gasteiger partial charge in [0.2, 0.25) is 0 Å². The first-order chi connectivity index (χ1) is 16.8. The Hall–Kier alpha value is -3.71. The normalized spacial score (nSPS) is 15.3. The van der Waals surface area contributed by atoms with Crippen molar-refractivity contribution in [1.82, 2.24) is 25.1 Å². The molecule has 2 heterocycles. The van der Waals surface area contributed by atoms with Gasteiger partial charge in [0.15, 0.2) is 5.82 Å². The van der Waals surface area contributed by atoms with Crippen molar-refractivity contribution in [3.05, 3.63) is 102 Å². The van der Waals surface area contributed by atoms with Gasteiger partial charge in [-0.1, -0.05) is 60.7 Å². The molecule has 5 rings (SSSR count). The lowest BCUT2D eigenvalue weighted by Gasteiger charge is -2.40. The van der Waals surface area contributed by atoms with Crippen molar-refractivity contribution in [3.63, 3.8) is 0 Å². The van der Waals surface area contributed by atoms with Crippen LogP contribution in [-0.4, -0.2) is 58.4 Å². The molecule has 7 nitrogen and oxygen atoms in total. The summed E-state index contributed by atoms with van der Waals surface area (Å²) in [4.78, 5) is 4.93. The molecule has 0 amide bonds. The van der Waals surface area contributed by atoms with Gasteiger partial charge in [-0.25, -0.2) is 4.68 Å². The zero-order valence-electron chi connectivity index (χ0n) is 19.5. The summed E-state index contributed by atoms with van der Waals surface area (Å²) in [6.45, 7) is 4.50. The molecule has 0 saturated carbocycles. The van der Waals surface area contributed by atoms with Crippen LogP contribution < -0.4 is 9.64 Å². The molecule has 3 aromatic carbocycles. The fraction of sp³-hybridized carbons (Fsp3) is 0.296. The number of ether oxygens (including phenoxy) is 1. The van der Waals surface area contributed by atoms with Crippen LogP contribution in [0.1, 0.15) is 23.0 Å². The molecule has 0 bridgehead atoms. The average Bonchev–Trinajstić information content (AvgIpc) is 3.37. The summed E-state index contributed by atoms with van der Waals surface area (Å²) in [6, 6.07) is 29.4. The average molecular weight is 455 g/mol. The van der Waals surface area contributed by atoms with E-state index in [2.05, 4.69) is 92.1 Å². The number of hydrogen-bond acceptors (Lipinski definition) is 6. The number of tetrazole rings is 1. The zero-order chi connectivity index (χ0) is 23.2. The van der Waals surface area contributed by atoms with Crippen LogP contribution in [0.5, 0.6) is 5.75 Å². The Morgan fingerprint density at radius 1 is 0.824 bits per heavy atom. The van der Waals surface area contributed by atoms with Crippen LogP contribution in [0.2, 0.25) is 0 Å². The molecule has 7 heteroatoms. The smallest absolute Gasteiger partial charge is 0.173 e. The van der Waals surface area contributed by atoms with Crippen molar-refractivity contribution >= 4 is 5.69 Å². The number of nitrogens with zero attached hydrogens (tertiary/aromatic N) is 6. The molecule has 0 spiro atoms. The highest BCUT2D eigenvalue weighted by atomic mass is 16.5. The first-order valence-corrected chi connectivity index (χ1v) is 11.8. The lowest BCUT2D eigenvalue weighted by atomic mass is 10.0. The van der Waals surface area contributed by atoms with Crippen LogP contribution in [-0.2, 0) is 13.0 Å². The monoisotopic (exact) mass is 454 g/mol. The minimum atomic E-state index is 0.0185. The van der Waals surface area contributed by atoms with E-state index in [0.717, 1.165) is 50.7 Å². The number of piperazine rings is 1. The minimum Gasteiger partial charge on any atom is -0.497 e. The largest absolute Gasteiger partial charge is 0.497 e. The van der Waals surface area contributed by atoms with E-state index in [9.17, 15) is 0 Å². The summed E-state index contributed by atoms with van der Waals surface area (Å²) < 4.78 is 7.28. The van der Waals surface area contributed by atoms with E-state index in [1.165, 1.54) is 16.8 Å². The van der Waals surface area contributed by atoms with E-state index >= 15 is 0 Å². The van der Waals surface area contributed by atoms with Crippen molar-refractivity contribution in [1.29, 1.82) is 0 Å². The van der Waals surface area contributed by atoms with Gasteiger partial charge in [0.05, 0.1) is 13.2 Å². The quantitative estimate of drug-likeness (QED) is 0.403. The van der Waals surface area contributed by atoms with Gasteiger partial charge < -0.3 is 9.64 Å². The lowest BCUT2D eigenvalue weighted by Crippen LogP contribution is -2.48. The second-order valence-electron chi connectivity index (χ2n) is 8.53. The Balaban J connectivity index is 1.34. The molecule has 4 aromatic rings. The molecular formula is C27H30N6O. The highest BCUT2D eigenvalue weighted by Crippen LogP contribution is 2.29. The van der Waals surface area contributed by atoms with Crippen molar-refractivity contribution in [2.75, 3.05) is 38.2 Å². The van der Waals surface area contributed by atoms with E-state index in [4.69, 9.17) is 4.74 Å². The van der Waals surface area contributed by atoms with Crippen LogP contribution >= 0.6 is 0 Å². The van der Waals surface area contributed by atoms with Gasteiger partial charge in [-0.2, -0.15) is 0 Å². The summed E-state index contributed by atoms with van der Waals surface area (Å²) in [5, 5.41) is 12.9. The van der Waals surface area contributed by atoms with Gasteiger partial charge in [0, 0.05) is 38.4 Å². The van der Waals surface area contributed by atoms with Crippen molar-refractivity contribution in [2.45, 2.75) is 19.0 Å². The van der Waals surface area contributed by atoms with Crippen molar-refractivity contribution < 1.29 is 4.74 Å². The number of hydrogen-bond donors (Lipinski definition) is 0. The van der Waals surface area contributed by atoms with E-state index in [1.807, 2.05) is 22.9 Å². The third-order valence-electron chi connectivity index (χ3n) is 6.49. The number of rotatable bonds is 8. The minimum absolute atomic E-state index is 0.0185. The van der Waals surface area contributed by atoms with Crippen molar-refractivity contribution in [3.8, 4) is 5.75 Å². The summed E-state index contributed by atoms with van der Waals surface area (Å²) in [6.07, 6.45) is 0.894. The first-order valence-electron chi connectivity index (χ1n) is 11.8. The second kappa shape index (κ2) is 10.5. The molecule has 0 unspecified atom stereocenters. The van der Waals surface area contributed by atoms with Crippen molar-refractivity contribution in [2.24, 2.45) is 0 Å². The maximum absolute atomic E-state index is 5.31. The predicted molar refractivity (Wildman–Crippen MR) is 133 cm³/mol. The SMILES string of the molecule is COc1ccc(N2CCN([C@H](c3ccccc3)c3nnnn3CCc3ccccc3)CC2)cc1. The molecule has 0 radical (unpaired) electrons. The van der Waals surface area contributed by atoms with Crippen LogP contribution in [0.15, 0.2) is 84.9 Å². The van der Waals surface area contributed by atoms with Gasteiger partial charge in [0.25, 0.3) is 0 Å². The molecule has 1 atom stereocenters. The third-order valence-corrected chi connectivity index (χ3v) is 6.49. The molecular weight excluding hydrogens is 424 g/mol. The highest BCUT2D eigenvalue weighted by molar-refractivity contribution is 5.49. The molecule has 1 aromatic heterocycles. The number of anilines is 1. The first kappa shape index (κ1) is 22.1. The number of aryl methyl sites for hydroxylation is 2. The Labute approximate surface area is 200 Å². The van der Waals surface area contributed by atoms with Crippen LogP contribution in [0.25, 0.3) is 0 Å². The van der Waals surface area contributed by atoms with Crippen LogP contribution in [0, 0.1) is 0 Å². The van der Waals surface area contributed by atoms with Crippen LogP contribution in [0.4, 0.5) is 5.69 Å². The van der Waals surface area contributed by atoms with Gasteiger partial charge in [-0.05, 0) is 52.2 Å². The molecule has 0 N–H and O–H groups in total. The standard InChI is InChI=1S/C27H30N6O/c1-34-25-14-12-24(13-15-25)31-18-20-32(21-19-31)26(23-10-6-3-7-11-23)27-28-29-30-33(27)17-16-22-8-4-2-5-9-22/h2-15,26H,16-21H2,1H3/t26-/m1/s1. The van der Waals surface area contributed by atoms with E-state index < -0.39 is 0 Å². The van der Waals surface area contributed by atoms with E-state index in [0.29, 0.717) is 0 Å². The van der Waals surface area contributed by atoms with Gasteiger partial charge in [-0.15, -0.1) is 5.10 Å². The Kier molecular flexibility index (Phi) is 6.81. The molecule has 1 aliphatic rings. The Bertz CT molecular complexity index is 1150. The van der Waals surface area contributed by atoms with E-state index in [-0.39, 0.29) is 6.04 Å². The second-order valence-corrected chi connectivity index (χ2v) is 8.53. The number of methoxy groups -OCH3 is 1. The van der Waals surface area contributed by atoms with E-state index in [1.54, 1.807) is 7.11 Å². The maximum Gasteiger partial charge on any atom is 0.173 e. The Morgan fingerprint density at radius 2 is 1.50 bits per heavy atom. The summed E-state index contributed by atoms with van der Waals surface area (Å²) in [5.41, 5.74) is 3.73. The lowest BCUT2D eigenvalue weighted by molar-refractivity contribution is 0.200. The topological polar surface area (TPSA) is 59.3 Å². The van der Waals surface area contributed by atoms with Crippen LogP contribution in [0.3, 0.4) is 0 Å². The molecule has 174 valence electrons. The molecule has 1 aliphatic heterocycles. The fourth-order valence-electron chi connectivity index (χ4n) is 4.64.